The summed E-state index contributed by atoms with van der Waals surface area (Å²) in [6.45, 7) is 1.02. The predicted octanol–water partition coefficient (Wildman–Crippen LogP) is 7.05. The summed E-state index contributed by atoms with van der Waals surface area (Å²) in [4.78, 5) is 26.0. The number of ether oxygens (including phenoxy) is 2. The van der Waals surface area contributed by atoms with Crippen LogP contribution in [-0.2, 0) is 11.2 Å². The third kappa shape index (κ3) is 6.55. The molecular weight excluding hydrogens is 561 g/mol. The minimum Gasteiger partial charge on any atom is -0.491 e. The largest absolute Gasteiger partial charge is 0.491 e. The number of pyridine rings is 1. The summed E-state index contributed by atoms with van der Waals surface area (Å²) in [5, 5.41) is 13.8. The van der Waals surface area contributed by atoms with Crippen LogP contribution >= 0.6 is 31.9 Å². The van der Waals surface area contributed by atoms with Gasteiger partial charge >= 0.3 is 5.97 Å². The van der Waals surface area contributed by atoms with Crippen LogP contribution in [0.1, 0.15) is 47.3 Å². The Kier molecular flexibility index (Phi) is 9.48. The normalized spacial score (nSPS) is 13.9. The Balaban J connectivity index is 1.50. The number of hydrogen-bond donors (Lipinski definition) is 1. The lowest BCUT2D eigenvalue weighted by Crippen LogP contribution is -2.14. The van der Waals surface area contributed by atoms with Crippen LogP contribution in [-0.4, -0.2) is 48.4 Å². The SMILES string of the molecule is COCCOc1ccc(-c2nc(N(C)c3cnc(-c4cccs4)cc3C(=O)O)sc2CC2CCCCC2)cc1P. The van der Waals surface area contributed by atoms with E-state index in [1.807, 2.05) is 35.5 Å². The van der Waals surface area contributed by atoms with E-state index >= 15 is 0 Å². The Labute approximate surface area is 245 Å². The molecule has 0 amide bonds. The van der Waals surface area contributed by atoms with E-state index in [-0.39, 0.29) is 5.56 Å². The Morgan fingerprint density at radius 1 is 1.18 bits per heavy atom. The molecule has 5 rings (SSSR count). The number of hydrogen-bond acceptors (Lipinski definition) is 8. The quantitative estimate of drug-likeness (QED) is 0.147. The van der Waals surface area contributed by atoms with E-state index in [0.717, 1.165) is 38.7 Å². The van der Waals surface area contributed by atoms with Gasteiger partial charge in [0.25, 0.3) is 0 Å². The van der Waals surface area contributed by atoms with Gasteiger partial charge in [0.1, 0.15) is 12.4 Å². The lowest BCUT2D eigenvalue weighted by atomic mass is 9.86. The molecule has 3 aromatic heterocycles. The molecule has 4 aromatic rings. The van der Waals surface area contributed by atoms with Crippen molar-refractivity contribution in [3.05, 3.63) is 58.4 Å². The minimum absolute atomic E-state index is 0.205. The Morgan fingerprint density at radius 3 is 2.70 bits per heavy atom. The van der Waals surface area contributed by atoms with E-state index in [2.05, 4.69) is 26.4 Å². The molecule has 0 bridgehead atoms. The number of carboxylic acid groups (broad SMARTS) is 1. The van der Waals surface area contributed by atoms with Gasteiger partial charge in [0, 0.05) is 29.9 Å². The molecule has 1 fully saturated rings. The van der Waals surface area contributed by atoms with Crippen LogP contribution in [0.2, 0.25) is 0 Å². The van der Waals surface area contributed by atoms with Crippen molar-refractivity contribution in [3.63, 3.8) is 0 Å². The Bertz CT molecular complexity index is 1450. The second-order valence-electron chi connectivity index (χ2n) is 10.00. The first kappa shape index (κ1) is 28.7. The highest BCUT2D eigenvalue weighted by atomic mass is 32.1. The summed E-state index contributed by atoms with van der Waals surface area (Å²) < 4.78 is 11.0. The van der Waals surface area contributed by atoms with Crippen molar-refractivity contribution in [1.82, 2.24) is 9.97 Å². The topological polar surface area (TPSA) is 84.8 Å². The Morgan fingerprint density at radius 2 is 2.00 bits per heavy atom. The van der Waals surface area contributed by atoms with Crippen LogP contribution in [0.25, 0.3) is 21.8 Å². The fraction of sp³-hybridized carbons (Fsp3) is 0.367. The molecule has 0 radical (unpaired) electrons. The van der Waals surface area contributed by atoms with E-state index < -0.39 is 5.97 Å². The Hall–Kier alpha value is -2.84. The first-order valence-electron chi connectivity index (χ1n) is 13.5. The van der Waals surface area contributed by atoms with Crippen molar-refractivity contribution < 1.29 is 19.4 Å². The standard InChI is InChI=1S/C30H34N3O4PS2/c1-33(23-18-31-22(17-21(23)29(34)35)26-9-6-14-39-26)30-32-28(27(40-30)15-19-7-4-3-5-8-19)20-10-11-24(25(38)16-20)37-13-12-36-2/h6,9-11,14,16-19H,3-5,7-8,12-13,15,38H2,1-2H3,(H,34,35). The van der Waals surface area contributed by atoms with Gasteiger partial charge in [0.2, 0.25) is 0 Å². The summed E-state index contributed by atoms with van der Waals surface area (Å²) >= 11 is 3.18. The van der Waals surface area contributed by atoms with Crippen molar-refractivity contribution >= 4 is 54.0 Å². The van der Waals surface area contributed by atoms with Gasteiger partial charge in [0.05, 0.1) is 40.3 Å². The number of aromatic nitrogens is 2. The minimum atomic E-state index is -0.988. The van der Waals surface area contributed by atoms with E-state index in [1.165, 1.54) is 48.3 Å². The van der Waals surface area contributed by atoms with Gasteiger partial charge in [-0.15, -0.1) is 31.9 Å². The first-order valence-corrected chi connectivity index (χ1v) is 15.7. The zero-order chi connectivity index (χ0) is 28.1. The molecule has 10 heteroatoms. The molecular formula is C30H34N3O4PS2. The van der Waals surface area contributed by atoms with Crippen molar-refractivity contribution in [2.75, 3.05) is 32.3 Å². The average Bonchev–Trinajstić information content (AvgIpc) is 3.65. The number of carbonyl (C=O) groups is 1. The van der Waals surface area contributed by atoms with E-state index in [9.17, 15) is 9.90 Å². The number of carboxylic acids is 1. The fourth-order valence-corrected chi connectivity index (χ4v) is 7.34. The second kappa shape index (κ2) is 13.2. The summed E-state index contributed by atoms with van der Waals surface area (Å²) in [6, 6.07) is 11.7. The number of methoxy groups -OCH3 is 1. The van der Waals surface area contributed by atoms with Crippen molar-refractivity contribution in [3.8, 4) is 27.6 Å². The maximum Gasteiger partial charge on any atom is 0.337 e. The maximum absolute atomic E-state index is 12.3. The number of thiophene rings is 1. The van der Waals surface area contributed by atoms with Gasteiger partial charge < -0.3 is 19.5 Å². The molecule has 1 saturated carbocycles. The average molecular weight is 596 g/mol. The van der Waals surface area contributed by atoms with Crippen LogP contribution in [0, 0.1) is 5.92 Å². The van der Waals surface area contributed by atoms with Crippen molar-refractivity contribution in [1.29, 1.82) is 0 Å². The number of aromatic carboxylic acids is 1. The molecule has 3 heterocycles. The lowest BCUT2D eigenvalue weighted by Gasteiger charge is -2.21. The molecule has 40 heavy (non-hydrogen) atoms. The van der Waals surface area contributed by atoms with Crippen LogP contribution in [0.4, 0.5) is 10.8 Å². The lowest BCUT2D eigenvalue weighted by molar-refractivity contribution is 0.0697. The van der Waals surface area contributed by atoms with Gasteiger partial charge in [-0.25, -0.2) is 9.78 Å². The molecule has 1 N–H and O–H groups in total. The van der Waals surface area contributed by atoms with Crippen molar-refractivity contribution in [2.45, 2.75) is 38.5 Å². The van der Waals surface area contributed by atoms with Crippen LogP contribution in [0.3, 0.4) is 0 Å². The van der Waals surface area contributed by atoms with E-state index in [0.29, 0.717) is 30.5 Å². The van der Waals surface area contributed by atoms with Gasteiger partial charge in [-0.3, -0.25) is 4.98 Å². The smallest absolute Gasteiger partial charge is 0.337 e. The third-order valence-corrected chi connectivity index (χ3v) is 9.75. The number of nitrogens with zero attached hydrogens (tertiary/aromatic N) is 3. The van der Waals surface area contributed by atoms with Crippen LogP contribution in [0.5, 0.6) is 5.75 Å². The molecule has 1 unspecified atom stereocenters. The highest BCUT2D eigenvalue weighted by molar-refractivity contribution is 7.27. The van der Waals surface area contributed by atoms with Crippen LogP contribution in [0.15, 0.2) is 48.0 Å². The van der Waals surface area contributed by atoms with E-state index in [4.69, 9.17) is 14.5 Å². The van der Waals surface area contributed by atoms with Gasteiger partial charge in [-0.1, -0.05) is 38.2 Å². The van der Waals surface area contributed by atoms with Gasteiger partial charge in [0.15, 0.2) is 5.13 Å². The second-order valence-corrected chi connectivity index (χ2v) is 12.6. The number of rotatable bonds is 11. The number of anilines is 2. The fourth-order valence-electron chi connectivity index (χ4n) is 5.11. The summed E-state index contributed by atoms with van der Waals surface area (Å²) in [5.74, 6) is 0.452. The molecule has 210 valence electrons. The highest BCUT2D eigenvalue weighted by Gasteiger charge is 2.24. The van der Waals surface area contributed by atoms with Crippen LogP contribution < -0.4 is 14.9 Å². The predicted molar refractivity (Wildman–Crippen MR) is 167 cm³/mol. The maximum atomic E-state index is 12.3. The molecule has 0 spiro atoms. The van der Waals surface area contributed by atoms with Gasteiger partial charge in [-0.05, 0) is 48.1 Å². The zero-order valence-electron chi connectivity index (χ0n) is 22.8. The number of benzene rings is 1. The molecule has 1 atom stereocenters. The molecule has 1 aliphatic carbocycles. The molecule has 1 aromatic carbocycles. The van der Waals surface area contributed by atoms with Crippen molar-refractivity contribution in [2.24, 2.45) is 5.92 Å². The van der Waals surface area contributed by atoms with Gasteiger partial charge in [-0.2, -0.15) is 0 Å². The molecule has 0 saturated heterocycles. The molecule has 1 aliphatic rings. The zero-order valence-corrected chi connectivity index (χ0v) is 25.5. The highest BCUT2D eigenvalue weighted by Crippen LogP contribution is 2.40. The summed E-state index contributed by atoms with van der Waals surface area (Å²) in [6.07, 6.45) is 8.96. The third-order valence-electron chi connectivity index (χ3n) is 7.25. The summed E-state index contributed by atoms with van der Waals surface area (Å²) in [5.41, 5.74) is 3.35. The first-order chi connectivity index (χ1) is 19.4. The summed E-state index contributed by atoms with van der Waals surface area (Å²) in [7, 11) is 6.30. The molecule has 0 aliphatic heterocycles. The monoisotopic (exact) mass is 595 g/mol. The number of thiazole rings is 1. The molecule has 7 nitrogen and oxygen atoms in total. The van der Waals surface area contributed by atoms with E-state index in [1.54, 1.807) is 30.7 Å².